The van der Waals surface area contributed by atoms with E-state index in [1.54, 1.807) is 28.9 Å². The molecule has 4 aromatic rings. The van der Waals surface area contributed by atoms with E-state index in [9.17, 15) is 22.4 Å². The van der Waals surface area contributed by atoms with Crippen molar-refractivity contribution in [2.24, 2.45) is 0 Å². The Bertz CT molecular complexity index is 1250. The van der Waals surface area contributed by atoms with Gasteiger partial charge < -0.3 is 9.72 Å². The highest BCUT2D eigenvalue weighted by molar-refractivity contribution is 6.30. The highest BCUT2D eigenvalue weighted by Crippen LogP contribution is 2.32. The van der Waals surface area contributed by atoms with E-state index in [1.165, 1.54) is 12.1 Å². The fourth-order valence-electron chi connectivity index (χ4n) is 2.83. The zero-order valence-corrected chi connectivity index (χ0v) is 15.6. The van der Waals surface area contributed by atoms with Crippen LogP contribution < -0.4 is 5.32 Å². The highest BCUT2D eigenvalue weighted by atomic mass is 35.5. The molecule has 0 radical (unpaired) electrons. The molecule has 0 aliphatic rings. The number of nitrogens with one attached hydrogen (secondary N) is 1. The van der Waals surface area contributed by atoms with Gasteiger partial charge in [-0.05, 0) is 30.3 Å². The van der Waals surface area contributed by atoms with E-state index in [0.29, 0.717) is 21.0 Å². The molecular formula is C18H11ClF4N6O. The topological polar surface area (TPSA) is 77.1 Å². The van der Waals surface area contributed by atoms with Crippen LogP contribution in [0.25, 0.3) is 11.3 Å². The second-order valence-corrected chi connectivity index (χ2v) is 6.64. The van der Waals surface area contributed by atoms with Crippen LogP contribution in [-0.2, 0) is 12.7 Å². The number of imidazole rings is 1. The molecule has 0 saturated heterocycles. The number of pyridine rings is 1. The number of alkyl halides is 3. The van der Waals surface area contributed by atoms with Gasteiger partial charge in [0.15, 0.2) is 11.4 Å². The summed E-state index contributed by atoms with van der Waals surface area (Å²) in [7, 11) is 0. The fourth-order valence-corrected chi connectivity index (χ4v) is 3.00. The summed E-state index contributed by atoms with van der Waals surface area (Å²) in [6.07, 6.45) is -1.78. The number of carbonyl (C=O) groups is 1. The number of rotatable bonds is 4. The van der Waals surface area contributed by atoms with E-state index >= 15 is 0 Å². The number of halogens is 5. The van der Waals surface area contributed by atoms with E-state index in [-0.39, 0.29) is 12.2 Å². The first-order valence-corrected chi connectivity index (χ1v) is 8.80. The zero-order chi connectivity index (χ0) is 21.5. The molecule has 0 atom stereocenters. The minimum atomic E-state index is -4.96. The number of benzene rings is 1. The second-order valence-electron chi connectivity index (χ2n) is 6.20. The van der Waals surface area contributed by atoms with E-state index < -0.39 is 29.3 Å². The van der Waals surface area contributed by atoms with Crippen molar-refractivity contribution in [2.75, 3.05) is 0 Å². The van der Waals surface area contributed by atoms with Crippen LogP contribution in [0.2, 0.25) is 5.02 Å². The molecule has 30 heavy (non-hydrogen) atoms. The molecule has 1 aromatic carbocycles. The Kier molecular flexibility index (Phi) is 4.90. The van der Waals surface area contributed by atoms with Gasteiger partial charge in [-0.1, -0.05) is 22.9 Å². The van der Waals surface area contributed by atoms with Crippen molar-refractivity contribution in [1.82, 2.24) is 29.7 Å². The molecule has 3 aromatic heterocycles. The van der Waals surface area contributed by atoms with Gasteiger partial charge in [0.2, 0.25) is 0 Å². The molecule has 0 unspecified atom stereocenters. The summed E-state index contributed by atoms with van der Waals surface area (Å²) >= 11 is 5.89. The van der Waals surface area contributed by atoms with Gasteiger partial charge in [0.1, 0.15) is 11.5 Å². The van der Waals surface area contributed by atoms with Gasteiger partial charge in [-0.2, -0.15) is 13.2 Å². The highest BCUT2D eigenvalue weighted by Gasteiger charge is 2.42. The molecule has 0 saturated carbocycles. The number of carbonyl (C=O) groups excluding carboxylic acids is 1. The Labute approximate surface area is 170 Å². The summed E-state index contributed by atoms with van der Waals surface area (Å²) in [5.74, 6) is -1.85. The zero-order valence-electron chi connectivity index (χ0n) is 14.9. The Morgan fingerprint density at radius 1 is 1.17 bits per heavy atom. The molecule has 4 rings (SSSR count). The molecule has 3 heterocycles. The molecule has 1 N–H and O–H groups in total. The molecule has 0 aliphatic carbocycles. The van der Waals surface area contributed by atoms with E-state index in [1.807, 2.05) is 0 Å². The number of hydrogen-bond donors (Lipinski definition) is 1. The van der Waals surface area contributed by atoms with E-state index in [2.05, 4.69) is 20.6 Å². The third kappa shape index (κ3) is 3.83. The third-order valence-electron chi connectivity index (χ3n) is 4.10. The Balaban J connectivity index is 1.61. The molecule has 0 aliphatic heterocycles. The van der Waals surface area contributed by atoms with Crippen LogP contribution in [0.1, 0.15) is 21.9 Å². The quantitative estimate of drug-likeness (QED) is 0.493. The summed E-state index contributed by atoms with van der Waals surface area (Å²) in [5, 5.41) is 9.58. The number of nitrogens with zero attached hydrogens (tertiary/aromatic N) is 5. The van der Waals surface area contributed by atoms with Crippen molar-refractivity contribution in [1.29, 1.82) is 0 Å². The summed E-state index contributed by atoms with van der Waals surface area (Å²) < 4.78 is 56.3. The molecule has 0 bridgehead atoms. The van der Waals surface area contributed by atoms with E-state index in [4.69, 9.17) is 11.6 Å². The summed E-state index contributed by atoms with van der Waals surface area (Å²) in [4.78, 5) is 16.6. The van der Waals surface area contributed by atoms with Gasteiger partial charge in [0.25, 0.3) is 5.91 Å². The molecule has 154 valence electrons. The smallest absolute Gasteiger partial charge is 0.345 e. The van der Waals surface area contributed by atoms with Gasteiger partial charge in [-0.25, -0.2) is 14.1 Å². The molecular weight excluding hydrogens is 428 g/mol. The Morgan fingerprint density at radius 3 is 2.70 bits per heavy atom. The third-order valence-corrected chi connectivity index (χ3v) is 4.33. The number of amides is 1. The maximum absolute atomic E-state index is 13.6. The molecule has 7 nitrogen and oxygen atoms in total. The lowest BCUT2D eigenvalue weighted by atomic mass is 10.2. The van der Waals surface area contributed by atoms with Crippen molar-refractivity contribution < 1.29 is 22.4 Å². The molecule has 1 amide bonds. The van der Waals surface area contributed by atoms with Crippen LogP contribution in [0.3, 0.4) is 0 Å². The van der Waals surface area contributed by atoms with Gasteiger partial charge in [-0.15, -0.1) is 5.10 Å². The predicted octanol–water partition coefficient (Wildman–Crippen LogP) is 3.66. The lowest BCUT2D eigenvalue weighted by molar-refractivity contribution is -0.143. The minimum Gasteiger partial charge on any atom is -0.345 e. The first kappa shape index (κ1) is 19.8. The number of hydrogen-bond acceptors (Lipinski definition) is 4. The standard InChI is InChI=1S/C18H11ClF4N6O/c19-10-4-5-14-25-12(9-28(14)8-10)7-24-17(30)15-16(18(21,22)23)29(27-26-15)13-3-1-2-11(20)6-13/h1-6,8-9H,7H2,(H,24,30). The lowest BCUT2D eigenvalue weighted by Crippen LogP contribution is -2.27. The maximum Gasteiger partial charge on any atom is 0.435 e. The van der Waals surface area contributed by atoms with Crippen molar-refractivity contribution >= 4 is 23.2 Å². The van der Waals surface area contributed by atoms with Crippen LogP contribution in [-0.4, -0.2) is 30.3 Å². The minimum absolute atomic E-state index is 0.151. The summed E-state index contributed by atoms with van der Waals surface area (Å²) in [5.41, 5.74) is -1.61. The Hall–Kier alpha value is -3.47. The van der Waals surface area contributed by atoms with Crippen LogP contribution >= 0.6 is 11.6 Å². The van der Waals surface area contributed by atoms with Gasteiger partial charge in [0, 0.05) is 12.4 Å². The summed E-state index contributed by atoms with van der Waals surface area (Å²) in [6, 6.07) is 7.65. The first-order valence-electron chi connectivity index (χ1n) is 8.42. The van der Waals surface area contributed by atoms with Gasteiger partial charge in [-0.3, -0.25) is 4.79 Å². The average molecular weight is 439 g/mol. The fraction of sp³-hybridized carbons (Fsp3) is 0.111. The van der Waals surface area contributed by atoms with Crippen molar-refractivity contribution in [3.8, 4) is 5.69 Å². The van der Waals surface area contributed by atoms with Gasteiger partial charge >= 0.3 is 6.18 Å². The normalized spacial score (nSPS) is 11.8. The summed E-state index contributed by atoms with van der Waals surface area (Å²) in [6.45, 7) is -0.151. The first-order chi connectivity index (χ1) is 14.2. The largest absolute Gasteiger partial charge is 0.435 e. The second kappa shape index (κ2) is 7.41. The van der Waals surface area contributed by atoms with Crippen LogP contribution in [0.15, 0.2) is 48.8 Å². The van der Waals surface area contributed by atoms with E-state index in [0.717, 1.165) is 12.1 Å². The maximum atomic E-state index is 13.6. The van der Waals surface area contributed by atoms with Crippen molar-refractivity contribution in [2.45, 2.75) is 12.7 Å². The lowest BCUT2D eigenvalue weighted by Gasteiger charge is -2.11. The van der Waals surface area contributed by atoms with Crippen LogP contribution in [0.4, 0.5) is 17.6 Å². The number of aromatic nitrogens is 5. The molecule has 0 spiro atoms. The SMILES string of the molecule is O=C(NCc1cn2cc(Cl)ccc2n1)c1nnn(-c2cccc(F)c2)c1C(F)(F)F. The van der Waals surface area contributed by atoms with Crippen LogP contribution in [0, 0.1) is 5.82 Å². The predicted molar refractivity (Wildman–Crippen MR) is 97.7 cm³/mol. The monoisotopic (exact) mass is 438 g/mol. The van der Waals surface area contributed by atoms with Gasteiger partial charge in [0.05, 0.1) is 22.9 Å². The average Bonchev–Trinajstić information content (AvgIpc) is 3.29. The van der Waals surface area contributed by atoms with Crippen molar-refractivity contribution in [3.63, 3.8) is 0 Å². The van der Waals surface area contributed by atoms with Crippen molar-refractivity contribution in [3.05, 3.63) is 76.7 Å². The van der Waals surface area contributed by atoms with Crippen LogP contribution in [0.5, 0.6) is 0 Å². The number of fused-ring (bicyclic) bond motifs is 1. The Morgan fingerprint density at radius 2 is 1.97 bits per heavy atom. The molecule has 12 heteroatoms. The molecule has 0 fully saturated rings.